The topological polar surface area (TPSA) is 58.7 Å². The van der Waals surface area contributed by atoms with Crippen molar-refractivity contribution in [2.75, 3.05) is 26.3 Å². The summed E-state index contributed by atoms with van der Waals surface area (Å²) in [6.07, 6.45) is 0.666. The number of nitrogens with two attached hydrogens (primary N) is 1. The van der Waals surface area contributed by atoms with Crippen LogP contribution in [0, 0.1) is 5.82 Å². The monoisotopic (exact) mass is 282 g/mol. The normalized spacial score (nSPS) is 23.5. The number of morpholine rings is 1. The van der Waals surface area contributed by atoms with Gasteiger partial charge in [0, 0.05) is 19.1 Å². The van der Waals surface area contributed by atoms with E-state index in [2.05, 4.69) is 4.90 Å². The predicted octanol–water partition coefficient (Wildman–Crippen LogP) is 1.30. The molecule has 3 atom stereocenters. The van der Waals surface area contributed by atoms with Gasteiger partial charge < -0.3 is 15.6 Å². The second-order valence-electron chi connectivity index (χ2n) is 5.24. The molecule has 112 valence electrons. The average Bonchev–Trinajstić information content (AvgIpc) is 2.49. The number of aliphatic hydroxyl groups is 1. The van der Waals surface area contributed by atoms with E-state index in [1.54, 1.807) is 12.1 Å². The molecule has 3 N–H and O–H groups in total. The van der Waals surface area contributed by atoms with Crippen LogP contribution in [-0.4, -0.2) is 48.5 Å². The predicted molar refractivity (Wildman–Crippen MR) is 75.8 cm³/mol. The van der Waals surface area contributed by atoms with Gasteiger partial charge in [-0.1, -0.05) is 19.1 Å². The zero-order valence-corrected chi connectivity index (χ0v) is 11.8. The van der Waals surface area contributed by atoms with Crippen molar-refractivity contribution in [3.8, 4) is 0 Å². The smallest absolute Gasteiger partial charge is 0.123 e. The fourth-order valence-corrected chi connectivity index (χ4v) is 2.72. The van der Waals surface area contributed by atoms with Gasteiger partial charge in [-0.15, -0.1) is 0 Å². The molecule has 1 aromatic carbocycles. The Morgan fingerprint density at radius 3 is 2.75 bits per heavy atom. The molecule has 1 aliphatic heterocycles. The highest BCUT2D eigenvalue weighted by molar-refractivity contribution is 5.22. The van der Waals surface area contributed by atoms with Gasteiger partial charge in [-0.3, -0.25) is 4.90 Å². The van der Waals surface area contributed by atoms with Crippen LogP contribution in [0.25, 0.3) is 0 Å². The molecular weight excluding hydrogens is 259 g/mol. The molecule has 0 radical (unpaired) electrons. The lowest BCUT2D eigenvalue weighted by molar-refractivity contribution is -0.0682. The molecular formula is C15H23FN2O2. The average molecular weight is 282 g/mol. The molecule has 0 amide bonds. The third-order valence-corrected chi connectivity index (χ3v) is 3.86. The van der Waals surface area contributed by atoms with Crippen molar-refractivity contribution in [2.45, 2.75) is 31.5 Å². The van der Waals surface area contributed by atoms with Gasteiger partial charge in [0.1, 0.15) is 5.82 Å². The summed E-state index contributed by atoms with van der Waals surface area (Å²) >= 11 is 0. The Morgan fingerprint density at radius 1 is 1.45 bits per heavy atom. The molecule has 1 heterocycles. The Morgan fingerprint density at radius 2 is 2.15 bits per heavy atom. The van der Waals surface area contributed by atoms with Crippen LogP contribution in [0.3, 0.4) is 0 Å². The zero-order chi connectivity index (χ0) is 14.5. The summed E-state index contributed by atoms with van der Waals surface area (Å²) < 4.78 is 18.6. The van der Waals surface area contributed by atoms with Crippen molar-refractivity contribution in [1.82, 2.24) is 4.90 Å². The fraction of sp³-hybridized carbons (Fsp3) is 0.600. The molecule has 2 rings (SSSR count). The quantitative estimate of drug-likeness (QED) is 0.854. The standard InChI is InChI=1S/C15H23FN2O2/c1-2-14(17)15(11-3-5-12(16)6-4-11)18-7-8-20-13(9-18)10-19/h3-6,13-15,19H,2,7-10,17H2,1H3. The molecule has 1 aromatic rings. The van der Waals surface area contributed by atoms with Crippen molar-refractivity contribution in [3.63, 3.8) is 0 Å². The van der Waals surface area contributed by atoms with E-state index in [9.17, 15) is 9.50 Å². The molecule has 0 aliphatic carbocycles. The highest BCUT2D eigenvalue weighted by Crippen LogP contribution is 2.27. The largest absolute Gasteiger partial charge is 0.394 e. The van der Waals surface area contributed by atoms with Crippen LogP contribution in [-0.2, 0) is 4.74 Å². The van der Waals surface area contributed by atoms with Crippen LogP contribution in [0.4, 0.5) is 4.39 Å². The van der Waals surface area contributed by atoms with Gasteiger partial charge in [0.25, 0.3) is 0 Å². The molecule has 0 saturated carbocycles. The Balaban J connectivity index is 2.20. The van der Waals surface area contributed by atoms with Gasteiger partial charge in [0.05, 0.1) is 25.4 Å². The van der Waals surface area contributed by atoms with Crippen LogP contribution in [0.15, 0.2) is 24.3 Å². The molecule has 4 nitrogen and oxygen atoms in total. The Labute approximate surface area is 119 Å². The Hall–Kier alpha value is -1.01. The number of ether oxygens (including phenoxy) is 1. The van der Waals surface area contributed by atoms with E-state index >= 15 is 0 Å². The molecule has 0 aromatic heterocycles. The molecule has 0 spiro atoms. The SMILES string of the molecule is CCC(N)C(c1ccc(F)cc1)N1CCOC(CO)C1. The zero-order valence-electron chi connectivity index (χ0n) is 11.8. The summed E-state index contributed by atoms with van der Waals surface area (Å²) in [7, 11) is 0. The molecule has 1 fully saturated rings. The first-order valence-corrected chi connectivity index (χ1v) is 7.13. The third kappa shape index (κ3) is 3.55. The molecule has 3 unspecified atom stereocenters. The minimum atomic E-state index is -0.243. The lowest BCUT2D eigenvalue weighted by Gasteiger charge is -2.40. The van der Waals surface area contributed by atoms with Gasteiger partial charge in [0.15, 0.2) is 0 Å². The fourth-order valence-electron chi connectivity index (χ4n) is 2.72. The lowest BCUT2D eigenvalue weighted by Crippen LogP contribution is -2.50. The number of halogens is 1. The second kappa shape index (κ2) is 7.13. The van der Waals surface area contributed by atoms with Crippen molar-refractivity contribution in [3.05, 3.63) is 35.6 Å². The van der Waals surface area contributed by atoms with Crippen LogP contribution in [0.1, 0.15) is 24.9 Å². The highest BCUT2D eigenvalue weighted by Gasteiger charge is 2.30. The Bertz CT molecular complexity index is 413. The van der Waals surface area contributed by atoms with E-state index in [4.69, 9.17) is 10.5 Å². The number of aliphatic hydroxyl groups excluding tert-OH is 1. The van der Waals surface area contributed by atoms with Crippen LogP contribution in [0.5, 0.6) is 0 Å². The third-order valence-electron chi connectivity index (χ3n) is 3.86. The molecule has 20 heavy (non-hydrogen) atoms. The van der Waals surface area contributed by atoms with Crippen molar-refractivity contribution < 1.29 is 14.2 Å². The number of hydrogen-bond donors (Lipinski definition) is 2. The van der Waals surface area contributed by atoms with Crippen molar-refractivity contribution >= 4 is 0 Å². The van der Waals surface area contributed by atoms with Crippen LogP contribution in [0.2, 0.25) is 0 Å². The van der Waals surface area contributed by atoms with E-state index in [1.807, 2.05) is 6.92 Å². The summed E-state index contributed by atoms with van der Waals surface area (Å²) in [6, 6.07) is 6.51. The number of nitrogens with zero attached hydrogens (tertiary/aromatic N) is 1. The van der Waals surface area contributed by atoms with Crippen LogP contribution >= 0.6 is 0 Å². The minimum absolute atomic E-state index is 0.00794. The van der Waals surface area contributed by atoms with E-state index in [0.717, 1.165) is 18.5 Å². The second-order valence-corrected chi connectivity index (χ2v) is 5.24. The first-order valence-electron chi connectivity index (χ1n) is 7.13. The van der Waals surface area contributed by atoms with Crippen LogP contribution < -0.4 is 5.73 Å². The van der Waals surface area contributed by atoms with Crippen molar-refractivity contribution in [1.29, 1.82) is 0 Å². The van der Waals surface area contributed by atoms with Gasteiger partial charge in [0.2, 0.25) is 0 Å². The molecule has 5 heteroatoms. The Kier molecular flexibility index (Phi) is 5.48. The van der Waals surface area contributed by atoms with E-state index < -0.39 is 0 Å². The summed E-state index contributed by atoms with van der Waals surface area (Å²) in [5.74, 6) is -0.243. The maximum absolute atomic E-state index is 13.1. The maximum Gasteiger partial charge on any atom is 0.123 e. The number of hydrogen-bond acceptors (Lipinski definition) is 4. The highest BCUT2D eigenvalue weighted by atomic mass is 19.1. The maximum atomic E-state index is 13.1. The first kappa shape index (κ1) is 15.4. The van der Waals surface area contributed by atoms with E-state index in [0.29, 0.717) is 13.2 Å². The number of benzene rings is 1. The van der Waals surface area contributed by atoms with Gasteiger partial charge >= 0.3 is 0 Å². The van der Waals surface area contributed by atoms with Gasteiger partial charge in [-0.2, -0.15) is 0 Å². The molecule has 1 saturated heterocycles. The lowest BCUT2D eigenvalue weighted by atomic mass is 9.95. The molecule has 0 bridgehead atoms. The summed E-state index contributed by atoms with van der Waals surface area (Å²) in [4.78, 5) is 2.23. The molecule has 1 aliphatic rings. The van der Waals surface area contributed by atoms with Gasteiger partial charge in [-0.25, -0.2) is 4.39 Å². The summed E-state index contributed by atoms with van der Waals surface area (Å²) in [6.45, 7) is 4.05. The summed E-state index contributed by atoms with van der Waals surface area (Å²) in [5, 5.41) is 9.26. The summed E-state index contributed by atoms with van der Waals surface area (Å²) in [5.41, 5.74) is 7.28. The van der Waals surface area contributed by atoms with E-state index in [-0.39, 0.29) is 30.6 Å². The minimum Gasteiger partial charge on any atom is -0.394 e. The van der Waals surface area contributed by atoms with Gasteiger partial charge in [-0.05, 0) is 24.1 Å². The number of rotatable bonds is 5. The first-order chi connectivity index (χ1) is 9.65. The van der Waals surface area contributed by atoms with Crippen molar-refractivity contribution in [2.24, 2.45) is 5.73 Å². The van der Waals surface area contributed by atoms with E-state index in [1.165, 1.54) is 12.1 Å².